The van der Waals surface area contributed by atoms with Crippen LogP contribution in [0.5, 0.6) is 0 Å². The molecule has 0 aromatic carbocycles. The van der Waals surface area contributed by atoms with Crippen LogP contribution >= 0.6 is 0 Å². The lowest BCUT2D eigenvalue weighted by atomic mass is 10.0. The zero-order valence-electron chi connectivity index (χ0n) is 8.35. The molecule has 0 radical (unpaired) electrons. The molecule has 8 heteroatoms. The summed E-state index contributed by atoms with van der Waals surface area (Å²) in [7, 11) is 0. The Balaban J connectivity index is 2.92. The molecule has 17 heavy (non-hydrogen) atoms. The monoisotopic (exact) mass is 250 g/mol. The molecule has 0 saturated carbocycles. The Kier molecular flexibility index (Phi) is 3.69. The number of aromatic nitrogens is 1. The van der Waals surface area contributed by atoms with Crippen molar-refractivity contribution in [1.82, 2.24) is 4.98 Å². The summed E-state index contributed by atoms with van der Waals surface area (Å²) >= 11 is 0. The van der Waals surface area contributed by atoms with Crippen LogP contribution in [0.1, 0.15) is 17.4 Å². The van der Waals surface area contributed by atoms with Crippen LogP contribution in [0, 0.1) is 0 Å². The summed E-state index contributed by atoms with van der Waals surface area (Å²) in [6.45, 7) is 0. The van der Waals surface area contributed by atoms with E-state index in [1.165, 1.54) is 0 Å². The average molecular weight is 250 g/mol. The first kappa shape index (κ1) is 13.4. The number of pyridine rings is 1. The molecule has 94 valence electrons. The van der Waals surface area contributed by atoms with Crippen molar-refractivity contribution in [2.45, 2.75) is 18.3 Å². The van der Waals surface area contributed by atoms with Crippen molar-refractivity contribution in [1.29, 1.82) is 0 Å². The molecule has 0 spiro atoms. The van der Waals surface area contributed by atoms with Gasteiger partial charge in [0, 0.05) is 11.8 Å². The number of carboxylic acids is 1. The fraction of sp³-hybridized carbons (Fsp3) is 0.333. The Morgan fingerprint density at radius 3 is 2.35 bits per heavy atom. The zero-order valence-corrected chi connectivity index (χ0v) is 8.35. The van der Waals surface area contributed by atoms with Crippen molar-refractivity contribution in [3.8, 4) is 0 Å². The Morgan fingerprint density at radius 2 is 2.00 bits per heavy atom. The summed E-state index contributed by atoms with van der Waals surface area (Å²) in [6.07, 6.45) is -5.45. The highest BCUT2D eigenvalue weighted by molar-refractivity contribution is 5.74. The van der Waals surface area contributed by atoms with E-state index in [9.17, 15) is 23.1 Å². The van der Waals surface area contributed by atoms with E-state index in [4.69, 9.17) is 10.8 Å². The van der Waals surface area contributed by atoms with Crippen molar-refractivity contribution >= 4 is 5.97 Å². The van der Waals surface area contributed by atoms with E-state index >= 15 is 0 Å². The maximum Gasteiger partial charge on any atom is 0.433 e. The first-order chi connectivity index (χ1) is 7.73. The Labute approximate surface area is 93.7 Å². The molecule has 2 unspecified atom stereocenters. The van der Waals surface area contributed by atoms with Gasteiger partial charge in [0.15, 0.2) is 0 Å². The number of hydrogen-bond acceptors (Lipinski definition) is 4. The molecule has 0 aliphatic heterocycles. The van der Waals surface area contributed by atoms with E-state index in [1.807, 2.05) is 0 Å². The lowest BCUT2D eigenvalue weighted by molar-refractivity contribution is -0.142. The number of halogens is 3. The number of carboxylic acid groups (broad SMARTS) is 1. The molecule has 1 rings (SSSR count). The third kappa shape index (κ3) is 3.14. The summed E-state index contributed by atoms with van der Waals surface area (Å²) in [5, 5.41) is 17.9. The van der Waals surface area contributed by atoms with E-state index < -0.39 is 30.0 Å². The summed E-state index contributed by atoms with van der Waals surface area (Å²) < 4.78 is 36.5. The largest absolute Gasteiger partial charge is 0.480 e. The van der Waals surface area contributed by atoms with Crippen molar-refractivity contribution in [2.75, 3.05) is 0 Å². The number of alkyl halides is 3. The first-order valence-electron chi connectivity index (χ1n) is 4.43. The van der Waals surface area contributed by atoms with E-state index in [0.717, 1.165) is 12.3 Å². The van der Waals surface area contributed by atoms with Crippen LogP contribution in [0.3, 0.4) is 0 Å². The average Bonchev–Trinajstić information content (AvgIpc) is 2.26. The fourth-order valence-corrected chi connectivity index (χ4v) is 1.09. The van der Waals surface area contributed by atoms with E-state index in [-0.39, 0.29) is 5.56 Å². The van der Waals surface area contributed by atoms with Gasteiger partial charge in [-0.25, -0.2) is 0 Å². The van der Waals surface area contributed by atoms with Gasteiger partial charge in [0.2, 0.25) is 0 Å². The van der Waals surface area contributed by atoms with Crippen LogP contribution in [-0.4, -0.2) is 27.2 Å². The third-order valence-electron chi connectivity index (χ3n) is 2.04. The lowest BCUT2D eigenvalue weighted by Gasteiger charge is -2.15. The summed E-state index contributed by atoms with van der Waals surface area (Å²) in [4.78, 5) is 13.5. The molecule has 0 aliphatic carbocycles. The molecular formula is C9H9F3N2O3. The van der Waals surface area contributed by atoms with E-state index in [1.54, 1.807) is 0 Å². The number of rotatable bonds is 3. The smallest absolute Gasteiger partial charge is 0.433 e. The molecule has 4 N–H and O–H groups in total. The van der Waals surface area contributed by atoms with Gasteiger partial charge >= 0.3 is 12.1 Å². The molecule has 0 fully saturated rings. The van der Waals surface area contributed by atoms with Gasteiger partial charge in [0.05, 0.1) is 0 Å². The number of nitrogens with zero attached hydrogens (tertiary/aromatic N) is 1. The maximum absolute atomic E-state index is 12.2. The lowest BCUT2D eigenvalue weighted by Crippen LogP contribution is -2.36. The van der Waals surface area contributed by atoms with Gasteiger partial charge in [-0.1, -0.05) is 6.07 Å². The predicted octanol–water partition coefficient (Wildman–Crippen LogP) is 0.546. The normalized spacial score (nSPS) is 15.4. The SMILES string of the molecule is NC(C(=O)O)C(O)c1ccc(C(F)(F)F)nc1. The van der Waals surface area contributed by atoms with Crippen molar-refractivity contribution in [3.05, 3.63) is 29.6 Å². The summed E-state index contributed by atoms with van der Waals surface area (Å²) in [5.41, 5.74) is 3.90. The minimum Gasteiger partial charge on any atom is -0.480 e. The first-order valence-corrected chi connectivity index (χ1v) is 4.43. The summed E-state index contributed by atoms with van der Waals surface area (Å²) in [6, 6.07) is -0.0373. The van der Waals surface area contributed by atoms with Crippen LogP contribution < -0.4 is 5.73 Å². The second kappa shape index (κ2) is 4.68. The molecule has 0 amide bonds. The second-order valence-corrected chi connectivity index (χ2v) is 3.28. The zero-order chi connectivity index (χ0) is 13.2. The standard InChI is InChI=1S/C9H9F3N2O3/c10-9(11,12)5-2-1-4(3-14-5)7(15)6(13)8(16)17/h1-3,6-7,15H,13H2,(H,16,17). The number of aliphatic hydroxyl groups is 1. The Morgan fingerprint density at radius 1 is 1.41 bits per heavy atom. The van der Waals surface area contributed by atoms with Crippen LogP contribution in [0.25, 0.3) is 0 Å². The van der Waals surface area contributed by atoms with Gasteiger partial charge in [-0.05, 0) is 6.07 Å². The highest BCUT2D eigenvalue weighted by atomic mass is 19.4. The van der Waals surface area contributed by atoms with Gasteiger partial charge in [-0.15, -0.1) is 0 Å². The van der Waals surface area contributed by atoms with Gasteiger partial charge in [-0.3, -0.25) is 9.78 Å². The van der Waals surface area contributed by atoms with Gasteiger partial charge in [0.1, 0.15) is 17.8 Å². The quantitative estimate of drug-likeness (QED) is 0.727. The highest BCUT2D eigenvalue weighted by Crippen LogP contribution is 2.28. The van der Waals surface area contributed by atoms with E-state index in [2.05, 4.69) is 4.98 Å². The van der Waals surface area contributed by atoms with Crippen LogP contribution in [0.4, 0.5) is 13.2 Å². The predicted molar refractivity (Wildman–Crippen MR) is 49.8 cm³/mol. The number of aliphatic carboxylic acids is 1. The van der Waals surface area contributed by atoms with Crippen molar-refractivity contribution in [3.63, 3.8) is 0 Å². The maximum atomic E-state index is 12.2. The fourth-order valence-electron chi connectivity index (χ4n) is 1.09. The molecule has 0 saturated heterocycles. The third-order valence-corrected chi connectivity index (χ3v) is 2.04. The Bertz CT molecular complexity index is 405. The van der Waals surface area contributed by atoms with Crippen LogP contribution in [-0.2, 0) is 11.0 Å². The van der Waals surface area contributed by atoms with Gasteiger partial charge in [-0.2, -0.15) is 13.2 Å². The second-order valence-electron chi connectivity index (χ2n) is 3.28. The minimum atomic E-state index is -4.58. The molecular weight excluding hydrogens is 241 g/mol. The number of nitrogens with two attached hydrogens (primary N) is 1. The summed E-state index contributed by atoms with van der Waals surface area (Å²) in [5.74, 6) is -1.46. The van der Waals surface area contributed by atoms with Crippen LogP contribution in [0.15, 0.2) is 18.3 Å². The topological polar surface area (TPSA) is 96.4 Å². The van der Waals surface area contributed by atoms with Gasteiger partial charge in [0.25, 0.3) is 0 Å². The molecule has 0 bridgehead atoms. The van der Waals surface area contributed by atoms with Gasteiger partial charge < -0.3 is 15.9 Å². The van der Waals surface area contributed by atoms with E-state index in [0.29, 0.717) is 6.07 Å². The molecule has 1 aromatic heterocycles. The number of aliphatic hydroxyl groups excluding tert-OH is 1. The van der Waals surface area contributed by atoms with Crippen molar-refractivity contribution < 1.29 is 28.2 Å². The highest BCUT2D eigenvalue weighted by Gasteiger charge is 2.32. The Hall–Kier alpha value is -1.67. The van der Waals surface area contributed by atoms with Crippen LogP contribution in [0.2, 0.25) is 0 Å². The number of carbonyl (C=O) groups is 1. The molecule has 0 aliphatic rings. The molecule has 1 heterocycles. The molecule has 2 atom stereocenters. The molecule has 1 aromatic rings. The number of hydrogen-bond donors (Lipinski definition) is 3. The molecule has 5 nitrogen and oxygen atoms in total. The minimum absolute atomic E-state index is 0.0899. The van der Waals surface area contributed by atoms with Crippen molar-refractivity contribution in [2.24, 2.45) is 5.73 Å².